The number of benzene rings is 2. The van der Waals surface area contributed by atoms with Gasteiger partial charge in [-0.15, -0.1) is 0 Å². The molecule has 0 aliphatic heterocycles. The molecule has 0 aliphatic carbocycles. The smallest absolute Gasteiger partial charge is 0.251 e. The van der Waals surface area contributed by atoms with E-state index in [0.29, 0.717) is 17.1 Å². The minimum absolute atomic E-state index is 0.0595. The van der Waals surface area contributed by atoms with Gasteiger partial charge in [-0.2, -0.15) is 0 Å². The predicted molar refractivity (Wildman–Crippen MR) is 95.1 cm³/mol. The second-order valence-corrected chi connectivity index (χ2v) is 6.05. The summed E-state index contributed by atoms with van der Waals surface area (Å²) in [5, 5.41) is 4.85. The monoisotopic (exact) mass is 326 g/mol. The third-order valence-electron chi connectivity index (χ3n) is 3.97. The van der Waals surface area contributed by atoms with Gasteiger partial charge in [-0.3, -0.25) is 4.79 Å². The molecule has 0 spiro atoms. The zero-order chi connectivity index (χ0) is 16.2. The fourth-order valence-corrected chi connectivity index (χ4v) is 2.91. The predicted octanol–water partition coefficient (Wildman–Crippen LogP) is 4.42. The van der Waals surface area contributed by atoms with Gasteiger partial charge in [0.25, 0.3) is 5.91 Å². The molecule has 0 aliphatic rings. The highest BCUT2D eigenvalue weighted by Crippen LogP contribution is 2.19. The second-order valence-electron chi connectivity index (χ2n) is 5.61. The van der Waals surface area contributed by atoms with E-state index in [4.69, 9.17) is 11.6 Å². The zero-order valence-corrected chi connectivity index (χ0v) is 13.8. The van der Waals surface area contributed by atoms with Crippen LogP contribution in [0, 0.1) is 6.92 Å². The average molecular weight is 327 g/mol. The second kappa shape index (κ2) is 6.88. The standard InChI is InChI=1S/C19H19ClN2O/c1-14-13-16-5-2-3-6-18(16)22(14)12-4-11-21-19(23)15-7-9-17(20)10-8-15/h2-3,5-10,13H,4,11-12H2,1H3,(H,21,23). The van der Waals surface area contributed by atoms with E-state index in [1.807, 2.05) is 0 Å². The molecule has 3 aromatic rings. The van der Waals surface area contributed by atoms with Crippen LogP contribution in [0.1, 0.15) is 22.5 Å². The first-order chi connectivity index (χ1) is 11.1. The molecule has 4 heteroatoms. The number of halogens is 1. The number of carbonyl (C=O) groups excluding carboxylic acids is 1. The molecule has 1 aromatic heterocycles. The van der Waals surface area contributed by atoms with Crippen LogP contribution in [-0.4, -0.2) is 17.0 Å². The van der Waals surface area contributed by atoms with Gasteiger partial charge in [0.05, 0.1) is 0 Å². The molecule has 23 heavy (non-hydrogen) atoms. The molecule has 3 rings (SSSR count). The van der Waals surface area contributed by atoms with Gasteiger partial charge < -0.3 is 9.88 Å². The number of aromatic nitrogens is 1. The van der Waals surface area contributed by atoms with Gasteiger partial charge in [-0.05, 0) is 55.1 Å². The molecule has 3 nitrogen and oxygen atoms in total. The highest BCUT2D eigenvalue weighted by molar-refractivity contribution is 6.30. The number of fused-ring (bicyclic) bond motifs is 1. The number of hydrogen-bond donors (Lipinski definition) is 1. The summed E-state index contributed by atoms with van der Waals surface area (Å²) in [4.78, 5) is 12.0. The van der Waals surface area contributed by atoms with Crippen molar-refractivity contribution in [3.05, 3.63) is 70.9 Å². The molecule has 118 valence electrons. The van der Waals surface area contributed by atoms with Crippen LogP contribution >= 0.6 is 11.6 Å². The fourth-order valence-electron chi connectivity index (χ4n) is 2.79. The van der Waals surface area contributed by atoms with E-state index >= 15 is 0 Å². The Balaban J connectivity index is 1.56. The van der Waals surface area contributed by atoms with E-state index in [1.54, 1.807) is 24.3 Å². The van der Waals surface area contributed by atoms with Crippen LogP contribution in [0.5, 0.6) is 0 Å². The molecule has 0 bridgehead atoms. The van der Waals surface area contributed by atoms with Crippen LogP contribution in [-0.2, 0) is 6.54 Å². The third-order valence-corrected chi connectivity index (χ3v) is 4.22. The molecule has 1 heterocycles. The summed E-state index contributed by atoms with van der Waals surface area (Å²) < 4.78 is 2.30. The van der Waals surface area contributed by atoms with Crippen molar-refractivity contribution in [3.63, 3.8) is 0 Å². The SMILES string of the molecule is Cc1cc2ccccc2n1CCCNC(=O)c1ccc(Cl)cc1. The van der Waals surface area contributed by atoms with Gasteiger partial charge in [0.1, 0.15) is 0 Å². The van der Waals surface area contributed by atoms with E-state index in [2.05, 4.69) is 47.1 Å². The lowest BCUT2D eigenvalue weighted by atomic mass is 10.2. The van der Waals surface area contributed by atoms with Gasteiger partial charge >= 0.3 is 0 Å². The van der Waals surface area contributed by atoms with Gasteiger partial charge in [-0.25, -0.2) is 0 Å². The van der Waals surface area contributed by atoms with Gasteiger partial charge in [0.2, 0.25) is 0 Å². The Hall–Kier alpha value is -2.26. The van der Waals surface area contributed by atoms with Crippen LogP contribution in [0.4, 0.5) is 0 Å². The number of nitrogens with one attached hydrogen (secondary N) is 1. The molecule has 0 fully saturated rings. The van der Waals surface area contributed by atoms with Crippen LogP contribution in [0.25, 0.3) is 10.9 Å². The Morgan fingerprint density at radius 2 is 1.87 bits per heavy atom. The van der Waals surface area contributed by atoms with E-state index in [1.165, 1.54) is 16.6 Å². The summed E-state index contributed by atoms with van der Waals surface area (Å²) in [7, 11) is 0. The Morgan fingerprint density at radius 1 is 1.13 bits per heavy atom. The minimum Gasteiger partial charge on any atom is -0.352 e. The summed E-state index contributed by atoms with van der Waals surface area (Å²) in [5.41, 5.74) is 3.13. The van der Waals surface area contributed by atoms with Crippen LogP contribution in [0.15, 0.2) is 54.6 Å². The molecule has 1 N–H and O–H groups in total. The molecule has 0 unspecified atom stereocenters. The van der Waals surface area contributed by atoms with Crippen molar-refractivity contribution >= 4 is 28.4 Å². The maximum Gasteiger partial charge on any atom is 0.251 e. The van der Waals surface area contributed by atoms with E-state index < -0.39 is 0 Å². The van der Waals surface area contributed by atoms with Crippen molar-refractivity contribution in [2.45, 2.75) is 19.9 Å². The maximum absolute atomic E-state index is 12.0. The van der Waals surface area contributed by atoms with Gasteiger partial charge in [0.15, 0.2) is 0 Å². The van der Waals surface area contributed by atoms with Gasteiger partial charge in [-0.1, -0.05) is 29.8 Å². The van der Waals surface area contributed by atoms with Crippen molar-refractivity contribution in [2.75, 3.05) is 6.54 Å². The highest BCUT2D eigenvalue weighted by atomic mass is 35.5. The number of amides is 1. The number of hydrogen-bond acceptors (Lipinski definition) is 1. The van der Waals surface area contributed by atoms with Crippen molar-refractivity contribution in [2.24, 2.45) is 0 Å². The lowest BCUT2D eigenvalue weighted by molar-refractivity contribution is 0.0953. The van der Waals surface area contributed by atoms with Crippen molar-refractivity contribution < 1.29 is 4.79 Å². The first kappa shape index (κ1) is 15.6. The first-order valence-corrected chi connectivity index (χ1v) is 8.11. The number of rotatable bonds is 5. The van der Waals surface area contributed by atoms with Crippen molar-refractivity contribution in [3.8, 4) is 0 Å². The zero-order valence-electron chi connectivity index (χ0n) is 13.1. The lowest BCUT2D eigenvalue weighted by Gasteiger charge is -2.09. The normalized spacial score (nSPS) is 10.9. The van der Waals surface area contributed by atoms with E-state index in [0.717, 1.165) is 13.0 Å². The Labute approximate surface area is 140 Å². The topological polar surface area (TPSA) is 34.0 Å². The molecular formula is C19H19ClN2O. The maximum atomic E-state index is 12.0. The summed E-state index contributed by atoms with van der Waals surface area (Å²) >= 11 is 5.83. The molecule has 2 aromatic carbocycles. The number of aryl methyl sites for hydroxylation is 2. The van der Waals surface area contributed by atoms with Crippen molar-refractivity contribution in [1.29, 1.82) is 0 Å². The third kappa shape index (κ3) is 3.57. The molecule has 1 amide bonds. The largest absolute Gasteiger partial charge is 0.352 e. The lowest BCUT2D eigenvalue weighted by Crippen LogP contribution is -2.25. The Morgan fingerprint density at radius 3 is 2.65 bits per heavy atom. The number of para-hydroxylation sites is 1. The summed E-state index contributed by atoms with van der Waals surface area (Å²) in [6, 6.07) is 17.5. The quantitative estimate of drug-likeness (QED) is 0.692. The average Bonchev–Trinajstić information content (AvgIpc) is 2.87. The molecule has 0 saturated heterocycles. The summed E-state index contributed by atoms with van der Waals surface area (Å²) in [5.74, 6) is -0.0595. The molecule has 0 radical (unpaired) electrons. The highest BCUT2D eigenvalue weighted by Gasteiger charge is 2.06. The van der Waals surface area contributed by atoms with Crippen LogP contribution in [0.3, 0.4) is 0 Å². The summed E-state index contributed by atoms with van der Waals surface area (Å²) in [6.45, 7) is 3.65. The molecule has 0 atom stereocenters. The van der Waals surface area contributed by atoms with Crippen LogP contribution < -0.4 is 5.32 Å². The number of nitrogens with zero attached hydrogens (tertiary/aromatic N) is 1. The van der Waals surface area contributed by atoms with Crippen LogP contribution in [0.2, 0.25) is 5.02 Å². The summed E-state index contributed by atoms with van der Waals surface area (Å²) in [6.07, 6.45) is 0.888. The Kier molecular flexibility index (Phi) is 4.68. The molecule has 0 saturated carbocycles. The molecular weight excluding hydrogens is 308 g/mol. The van der Waals surface area contributed by atoms with E-state index in [-0.39, 0.29) is 5.91 Å². The van der Waals surface area contributed by atoms with Gasteiger partial charge in [0, 0.05) is 34.9 Å². The number of carbonyl (C=O) groups is 1. The first-order valence-electron chi connectivity index (χ1n) is 7.74. The van der Waals surface area contributed by atoms with E-state index in [9.17, 15) is 4.79 Å². The Bertz CT molecular complexity index is 821. The minimum atomic E-state index is -0.0595. The van der Waals surface area contributed by atoms with Crippen molar-refractivity contribution in [1.82, 2.24) is 9.88 Å². The fraction of sp³-hybridized carbons (Fsp3) is 0.211.